The Bertz CT molecular complexity index is 535. The van der Waals surface area contributed by atoms with Gasteiger partial charge in [-0.25, -0.2) is 0 Å². The number of rotatable bonds is 5. The standard InChI is InChI=1S/C14H15N3O2/c18-13(16-9-11-6-7-15-8-11)10-17-14(19)12-4-2-1-3-5-12/h1-8,15H,9-10H2,(H,16,18)(H,17,19). The maximum Gasteiger partial charge on any atom is 0.251 e. The maximum absolute atomic E-state index is 11.7. The molecule has 2 rings (SSSR count). The molecule has 3 N–H and O–H groups in total. The molecule has 0 fully saturated rings. The highest BCUT2D eigenvalue weighted by atomic mass is 16.2. The highest BCUT2D eigenvalue weighted by Crippen LogP contribution is 1.97. The van der Waals surface area contributed by atoms with Gasteiger partial charge in [-0.1, -0.05) is 18.2 Å². The molecule has 0 atom stereocenters. The number of aromatic nitrogens is 1. The molecule has 5 heteroatoms. The Morgan fingerprint density at radius 2 is 1.84 bits per heavy atom. The number of benzene rings is 1. The fourth-order valence-corrected chi connectivity index (χ4v) is 1.58. The van der Waals surface area contributed by atoms with Gasteiger partial charge in [0.15, 0.2) is 0 Å². The minimum atomic E-state index is -0.252. The number of carbonyl (C=O) groups is 2. The van der Waals surface area contributed by atoms with Gasteiger partial charge < -0.3 is 15.6 Å². The van der Waals surface area contributed by atoms with E-state index in [0.717, 1.165) is 5.56 Å². The molecule has 98 valence electrons. The number of nitrogens with one attached hydrogen (secondary N) is 3. The molecule has 0 unspecified atom stereocenters. The predicted octanol–water partition coefficient (Wildman–Crippen LogP) is 1.06. The molecule has 0 saturated heterocycles. The van der Waals surface area contributed by atoms with E-state index in [1.165, 1.54) is 0 Å². The average Bonchev–Trinajstić information content (AvgIpc) is 2.96. The molecule has 19 heavy (non-hydrogen) atoms. The number of amides is 2. The van der Waals surface area contributed by atoms with E-state index >= 15 is 0 Å². The van der Waals surface area contributed by atoms with Crippen LogP contribution >= 0.6 is 0 Å². The van der Waals surface area contributed by atoms with Crippen molar-refractivity contribution in [3.8, 4) is 0 Å². The first-order valence-electron chi connectivity index (χ1n) is 5.97. The summed E-state index contributed by atoms with van der Waals surface area (Å²) in [5.74, 6) is -0.470. The highest BCUT2D eigenvalue weighted by Gasteiger charge is 2.07. The Morgan fingerprint density at radius 3 is 2.53 bits per heavy atom. The molecule has 0 radical (unpaired) electrons. The lowest BCUT2D eigenvalue weighted by Gasteiger charge is -2.06. The molecule has 0 saturated carbocycles. The van der Waals surface area contributed by atoms with Crippen molar-refractivity contribution in [1.82, 2.24) is 15.6 Å². The smallest absolute Gasteiger partial charge is 0.251 e. The van der Waals surface area contributed by atoms with Crippen molar-refractivity contribution in [2.24, 2.45) is 0 Å². The molecule has 0 aliphatic heterocycles. The zero-order chi connectivity index (χ0) is 13.5. The van der Waals surface area contributed by atoms with Gasteiger partial charge in [0.05, 0.1) is 6.54 Å². The van der Waals surface area contributed by atoms with Crippen LogP contribution in [-0.4, -0.2) is 23.3 Å². The summed E-state index contributed by atoms with van der Waals surface area (Å²) in [6.45, 7) is 0.418. The number of hydrogen-bond acceptors (Lipinski definition) is 2. The van der Waals surface area contributed by atoms with Crippen LogP contribution in [0.3, 0.4) is 0 Å². The maximum atomic E-state index is 11.7. The lowest BCUT2D eigenvalue weighted by atomic mass is 10.2. The van der Waals surface area contributed by atoms with Crippen molar-refractivity contribution in [1.29, 1.82) is 0 Å². The first kappa shape index (κ1) is 12.9. The van der Waals surface area contributed by atoms with E-state index in [4.69, 9.17) is 0 Å². The fourth-order valence-electron chi connectivity index (χ4n) is 1.58. The van der Waals surface area contributed by atoms with Gasteiger partial charge in [0.1, 0.15) is 0 Å². The van der Waals surface area contributed by atoms with Crippen LogP contribution in [0.4, 0.5) is 0 Å². The molecule has 1 aromatic carbocycles. The second-order valence-corrected chi connectivity index (χ2v) is 4.04. The summed E-state index contributed by atoms with van der Waals surface area (Å²) < 4.78 is 0. The highest BCUT2D eigenvalue weighted by molar-refractivity contribution is 5.96. The number of hydrogen-bond donors (Lipinski definition) is 3. The third-order valence-corrected chi connectivity index (χ3v) is 2.60. The van der Waals surface area contributed by atoms with E-state index in [0.29, 0.717) is 12.1 Å². The molecule has 2 aromatic rings. The van der Waals surface area contributed by atoms with E-state index in [1.807, 2.05) is 18.3 Å². The Labute approximate surface area is 111 Å². The first-order valence-corrected chi connectivity index (χ1v) is 5.97. The van der Waals surface area contributed by atoms with Crippen LogP contribution in [-0.2, 0) is 11.3 Å². The number of H-pyrrole nitrogens is 1. The Kier molecular flexibility index (Phi) is 4.34. The lowest BCUT2D eigenvalue weighted by molar-refractivity contribution is -0.120. The van der Waals surface area contributed by atoms with Gasteiger partial charge in [-0.05, 0) is 23.8 Å². The van der Waals surface area contributed by atoms with E-state index in [9.17, 15) is 9.59 Å². The largest absolute Gasteiger partial charge is 0.367 e. The fraction of sp³-hybridized carbons (Fsp3) is 0.143. The van der Waals surface area contributed by atoms with Gasteiger partial charge in [-0.15, -0.1) is 0 Å². The van der Waals surface area contributed by atoms with Crippen LogP contribution in [0.5, 0.6) is 0 Å². The van der Waals surface area contributed by atoms with Gasteiger partial charge in [0, 0.05) is 24.5 Å². The van der Waals surface area contributed by atoms with Gasteiger partial charge in [-0.3, -0.25) is 9.59 Å². The van der Waals surface area contributed by atoms with Crippen molar-refractivity contribution in [2.45, 2.75) is 6.54 Å². The van der Waals surface area contributed by atoms with E-state index in [2.05, 4.69) is 15.6 Å². The van der Waals surface area contributed by atoms with Crippen LogP contribution < -0.4 is 10.6 Å². The van der Waals surface area contributed by atoms with Crippen LogP contribution in [0.15, 0.2) is 48.8 Å². The van der Waals surface area contributed by atoms with Gasteiger partial charge in [-0.2, -0.15) is 0 Å². The molecule has 0 aliphatic rings. The second-order valence-electron chi connectivity index (χ2n) is 4.04. The van der Waals surface area contributed by atoms with Gasteiger partial charge in [0.25, 0.3) is 5.91 Å². The third kappa shape index (κ3) is 3.99. The van der Waals surface area contributed by atoms with Crippen molar-refractivity contribution in [3.63, 3.8) is 0 Å². The van der Waals surface area contributed by atoms with Crippen molar-refractivity contribution in [3.05, 3.63) is 59.9 Å². The Morgan fingerprint density at radius 1 is 1.05 bits per heavy atom. The van der Waals surface area contributed by atoms with Crippen LogP contribution in [0.2, 0.25) is 0 Å². The van der Waals surface area contributed by atoms with Crippen LogP contribution in [0, 0.1) is 0 Å². The van der Waals surface area contributed by atoms with Crippen molar-refractivity contribution < 1.29 is 9.59 Å². The summed E-state index contributed by atoms with van der Waals surface area (Å²) in [7, 11) is 0. The van der Waals surface area contributed by atoms with Gasteiger partial charge >= 0.3 is 0 Å². The summed E-state index contributed by atoms with van der Waals surface area (Å²) >= 11 is 0. The SMILES string of the molecule is O=C(CNC(=O)c1ccccc1)NCc1cc[nH]c1. The monoisotopic (exact) mass is 257 g/mol. The Balaban J connectivity index is 1.73. The number of aromatic amines is 1. The van der Waals surface area contributed by atoms with E-state index in [-0.39, 0.29) is 18.4 Å². The molecule has 5 nitrogen and oxygen atoms in total. The summed E-state index contributed by atoms with van der Waals surface area (Å²) in [4.78, 5) is 26.1. The summed E-state index contributed by atoms with van der Waals surface area (Å²) in [5.41, 5.74) is 1.53. The zero-order valence-electron chi connectivity index (χ0n) is 10.3. The molecule has 0 aliphatic carbocycles. The average molecular weight is 257 g/mol. The molecular weight excluding hydrogens is 242 g/mol. The van der Waals surface area contributed by atoms with Crippen LogP contribution in [0.1, 0.15) is 15.9 Å². The van der Waals surface area contributed by atoms with E-state index < -0.39 is 0 Å². The molecule has 0 spiro atoms. The molecule has 1 heterocycles. The van der Waals surface area contributed by atoms with E-state index in [1.54, 1.807) is 30.5 Å². The summed E-state index contributed by atoms with van der Waals surface area (Å²) in [6.07, 6.45) is 3.60. The minimum absolute atomic E-state index is 0.0296. The lowest BCUT2D eigenvalue weighted by Crippen LogP contribution is -2.36. The quantitative estimate of drug-likeness (QED) is 0.749. The normalized spacial score (nSPS) is 9.89. The zero-order valence-corrected chi connectivity index (χ0v) is 10.3. The molecule has 2 amide bonds. The molecule has 0 bridgehead atoms. The third-order valence-electron chi connectivity index (χ3n) is 2.60. The summed E-state index contributed by atoms with van der Waals surface area (Å²) in [6, 6.07) is 10.7. The predicted molar refractivity (Wildman–Crippen MR) is 71.4 cm³/mol. The minimum Gasteiger partial charge on any atom is -0.367 e. The Hall–Kier alpha value is -2.56. The second kappa shape index (κ2) is 6.39. The molecule has 1 aromatic heterocycles. The van der Waals surface area contributed by atoms with Crippen LogP contribution in [0.25, 0.3) is 0 Å². The number of carbonyl (C=O) groups excluding carboxylic acids is 2. The van der Waals surface area contributed by atoms with Gasteiger partial charge in [0.2, 0.25) is 5.91 Å². The molecular formula is C14H15N3O2. The van der Waals surface area contributed by atoms with Crippen molar-refractivity contribution in [2.75, 3.05) is 6.54 Å². The van der Waals surface area contributed by atoms with Crippen molar-refractivity contribution >= 4 is 11.8 Å². The first-order chi connectivity index (χ1) is 9.25. The topological polar surface area (TPSA) is 74.0 Å². The summed E-state index contributed by atoms with van der Waals surface area (Å²) in [5, 5.41) is 5.29.